The van der Waals surface area contributed by atoms with Crippen LogP contribution in [0.4, 0.5) is 0 Å². The first-order chi connectivity index (χ1) is 11.9. The van der Waals surface area contributed by atoms with Crippen LogP contribution in [0.1, 0.15) is 11.1 Å². The average Bonchev–Trinajstić information content (AvgIpc) is 2.61. The summed E-state index contributed by atoms with van der Waals surface area (Å²) in [5, 5.41) is 6.43. The summed E-state index contributed by atoms with van der Waals surface area (Å²) in [5.41, 5.74) is 2.05. The van der Waals surface area contributed by atoms with E-state index in [1.165, 1.54) is 6.26 Å². The fourth-order valence-corrected chi connectivity index (χ4v) is 2.86. The molecular weight excluding hydrogens is 338 g/mol. The van der Waals surface area contributed by atoms with E-state index in [0.717, 1.165) is 16.9 Å². The second kappa shape index (κ2) is 8.53. The zero-order valence-electron chi connectivity index (χ0n) is 14.6. The number of nitrogens with one attached hydrogen (secondary N) is 2. The van der Waals surface area contributed by atoms with Crippen molar-refractivity contribution in [3.8, 4) is 5.75 Å². The van der Waals surface area contributed by atoms with Crippen LogP contribution in [-0.2, 0) is 22.9 Å². The molecule has 0 atom stereocenters. The highest BCUT2D eigenvalue weighted by molar-refractivity contribution is 7.90. The monoisotopic (exact) mass is 361 g/mol. The van der Waals surface area contributed by atoms with Gasteiger partial charge in [-0.05, 0) is 35.4 Å². The minimum atomic E-state index is -3.17. The Morgan fingerprint density at radius 3 is 2.24 bits per heavy atom. The van der Waals surface area contributed by atoms with E-state index in [1.54, 1.807) is 38.4 Å². The first-order valence-corrected chi connectivity index (χ1v) is 9.68. The van der Waals surface area contributed by atoms with Crippen molar-refractivity contribution >= 4 is 15.8 Å². The molecule has 2 N–H and O–H groups in total. The van der Waals surface area contributed by atoms with Crippen molar-refractivity contribution in [2.45, 2.75) is 18.0 Å². The molecule has 0 saturated heterocycles. The predicted octanol–water partition coefficient (Wildman–Crippen LogP) is 1.96. The number of nitrogens with zero attached hydrogens (tertiary/aromatic N) is 1. The highest BCUT2D eigenvalue weighted by Gasteiger charge is 2.06. The molecule has 0 fully saturated rings. The maximum absolute atomic E-state index is 11.5. The van der Waals surface area contributed by atoms with Crippen LogP contribution < -0.4 is 15.4 Å². The standard InChI is InChI=1S/C18H23N3O3S/c1-19-18(21-13-15-5-4-6-16(11-15)24-2)20-12-14-7-9-17(10-8-14)25(3,22)23/h4-11H,12-13H2,1-3H3,(H2,19,20,21). The second-order valence-corrected chi connectivity index (χ2v) is 7.56. The van der Waals surface area contributed by atoms with Gasteiger partial charge in [-0.1, -0.05) is 24.3 Å². The van der Waals surface area contributed by atoms with Crippen LogP contribution in [0.15, 0.2) is 58.4 Å². The predicted molar refractivity (Wildman–Crippen MR) is 99.6 cm³/mol. The van der Waals surface area contributed by atoms with Gasteiger partial charge in [0.25, 0.3) is 0 Å². The molecule has 2 aromatic carbocycles. The van der Waals surface area contributed by atoms with Gasteiger partial charge < -0.3 is 15.4 Å². The van der Waals surface area contributed by atoms with Crippen LogP contribution in [0, 0.1) is 0 Å². The molecule has 0 heterocycles. The topological polar surface area (TPSA) is 79.8 Å². The van der Waals surface area contributed by atoms with Crippen molar-refractivity contribution in [2.75, 3.05) is 20.4 Å². The lowest BCUT2D eigenvalue weighted by atomic mass is 10.2. The SMILES string of the molecule is CN=C(NCc1ccc(S(C)(=O)=O)cc1)NCc1cccc(OC)c1. The van der Waals surface area contributed by atoms with E-state index in [4.69, 9.17) is 4.74 Å². The summed E-state index contributed by atoms with van der Waals surface area (Å²) in [4.78, 5) is 4.50. The number of rotatable bonds is 6. The molecule has 0 aliphatic carbocycles. The number of ether oxygens (including phenoxy) is 1. The van der Waals surface area contributed by atoms with E-state index in [9.17, 15) is 8.42 Å². The zero-order valence-corrected chi connectivity index (χ0v) is 15.4. The van der Waals surface area contributed by atoms with E-state index < -0.39 is 9.84 Å². The smallest absolute Gasteiger partial charge is 0.191 e. The van der Waals surface area contributed by atoms with Gasteiger partial charge in [-0.15, -0.1) is 0 Å². The maximum atomic E-state index is 11.5. The molecule has 0 amide bonds. The number of methoxy groups -OCH3 is 1. The van der Waals surface area contributed by atoms with Crippen molar-refractivity contribution in [3.63, 3.8) is 0 Å². The van der Waals surface area contributed by atoms with Crippen molar-refractivity contribution in [3.05, 3.63) is 59.7 Å². The largest absolute Gasteiger partial charge is 0.497 e. The summed E-state index contributed by atoms with van der Waals surface area (Å²) < 4.78 is 28.1. The third-order valence-electron chi connectivity index (χ3n) is 3.63. The third kappa shape index (κ3) is 5.79. The van der Waals surface area contributed by atoms with Crippen molar-refractivity contribution in [1.29, 1.82) is 0 Å². The summed E-state index contributed by atoms with van der Waals surface area (Å²) in [7, 11) is 0.176. The average molecular weight is 361 g/mol. The molecule has 2 rings (SSSR count). The van der Waals surface area contributed by atoms with Gasteiger partial charge in [0, 0.05) is 26.4 Å². The maximum Gasteiger partial charge on any atom is 0.191 e. The molecular formula is C18H23N3O3S. The van der Waals surface area contributed by atoms with E-state index >= 15 is 0 Å². The van der Waals surface area contributed by atoms with Gasteiger partial charge >= 0.3 is 0 Å². The third-order valence-corrected chi connectivity index (χ3v) is 4.76. The molecule has 7 heteroatoms. The highest BCUT2D eigenvalue weighted by Crippen LogP contribution is 2.12. The normalized spacial score (nSPS) is 11.9. The van der Waals surface area contributed by atoms with Gasteiger partial charge in [-0.25, -0.2) is 8.42 Å². The number of hydrogen-bond donors (Lipinski definition) is 2. The first-order valence-electron chi connectivity index (χ1n) is 7.79. The molecule has 25 heavy (non-hydrogen) atoms. The second-order valence-electron chi connectivity index (χ2n) is 5.55. The Balaban J connectivity index is 1.90. The molecule has 0 bridgehead atoms. The summed E-state index contributed by atoms with van der Waals surface area (Å²) in [6.45, 7) is 1.16. The Hall–Kier alpha value is -2.54. The molecule has 0 aromatic heterocycles. The van der Waals surface area contributed by atoms with Crippen LogP contribution >= 0.6 is 0 Å². The number of hydrogen-bond acceptors (Lipinski definition) is 4. The molecule has 134 valence electrons. The van der Waals surface area contributed by atoms with Crippen LogP contribution in [0.3, 0.4) is 0 Å². The van der Waals surface area contributed by atoms with Gasteiger partial charge in [0.1, 0.15) is 5.75 Å². The first kappa shape index (κ1) is 18.8. The Bertz CT molecular complexity index is 831. The van der Waals surface area contributed by atoms with E-state index in [-0.39, 0.29) is 0 Å². The Labute approximate surface area is 148 Å². The van der Waals surface area contributed by atoms with Crippen molar-refractivity contribution in [2.24, 2.45) is 4.99 Å². The number of sulfone groups is 1. The van der Waals surface area contributed by atoms with Crippen LogP contribution in [0.25, 0.3) is 0 Å². The van der Waals surface area contributed by atoms with Gasteiger partial charge in [0.05, 0.1) is 12.0 Å². The lowest BCUT2D eigenvalue weighted by Gasteiger charge is -2.12. The fourth-order valence-electron chi connectivity index (χ4n) is 2.23. The Morgan fingerprint density at radius 2 is 1.68 bits per heavy atom. The van der Waals surface area contributed by atoms with E-state index in [2.05, 4.69) is 15.6 Å². The zero-order chi connectivity index (χ0) is 18.3. The molecule has 0 spiro atoms. The lowest BCUT2D eigenvalue weighted by Crippen LogP contribution is -2.36. The molecule has 0 radical (unpaired) electrons. The summed E-state index contributed by atoms with van der Waals surface area (Å²) in [5.74, 6) is 1.48. The number of guanidine groups is 1. The van der Waals surface area contributed by atoms with E-state index in [0.29, 0.717) is 23.9 Å². The van der Waals surface area contributed by atoms with Crippen molar-refractivity contribution < 1.29 is 13.2 Å². The number of benzene rings is 2. The molecule has 0 unspecified atom stereocenters. The minimum Gasteiger partial charge on any atom is -0.497 e. The molecule has 0 aliphatic heterocycles. The summed E-state index contributed by atoms with van der Waals surface area (Å²) in [6.07, 6.45) is 1.20. The summed E-state index contributed by atoms with van der Waals surface area (Å²) in [6, 6.07) is 14.6. The molecule has 0 saturated carbocycles. The highest BCUT2D eigenvalue weighted by atomic mass is 32.2. The number of aliphatic imine (C=N–C) groups is 1. The molecule has 6 nitrogen and oxygen atoms in total. The van der Waals surface area contributed by atoms with Gasteiger partial charge in [0.2, 0.25) is 0 Å². The quantitative estimate of drug-likeness (QED) is 0.607. The molecule has 0 aliphatic rings. The summed E-state index contributed by atoms with van der Waals surface area (Å²) >= 11 is 0. The van der Waals surface area contributed by atoms with Crippen LogP contribution in [-0.4, -0.2) is 34.8 Å². The van der Waals surface area contributed by atoms with Gasteiger partial charge in [-0.2, -0.15) is 0 Å². The van der Waals surface area contributed by atoms with Crippen molar-refractivity contribution in [1.82, 2.24) is 10.6 Å². The Kier molecular flexibility index (Phi) is 6.41. The lowest BCUT2D eigenvalue weighted by molar-refractivity contribution is 0.414. The van der Waals surface area contributed by atoms with Crippen LogP contribution in [0.5, 0.6) is 5.75 Å². The molecule has 2 aromatic rings. The van der Waals surface area contributed by atoms with E-state index in [1.807, 2.05) is 24.3 Å². The van der Waals surface area contributed by atoms with Gasteiger partial charge in [-0.3, -0.25) is 4.99 Å². The minimum absolute atomic E-state index is 0.316. The van der Waals surface area contributed by atoms with Gasteiger partial charge in [0.15, 0.2) is 15.8 Å². The fraction of sp³-hybridized carbons (Fsp3) is 0.278. The van der Waals surface area contributed by atoms with Crippen LogP contribution in [0.2, 0.25) is 0 Å². The Morgan fingerprint density at radius 1 is 1.04 bits per heavy atom.